The summed E-state index contributed by atoms with van der Waals surface area (Å²) in [6.07, 6.45) is 2.15. The Morgan fingerprint density at radius 2 is 2.06 bits per heavy atom. The Hall–Kier alpha value is -1.68. The molecule has 0 unspecified atom stereocenters. The lowest BCUT2D eigenvalue weighted by Crippen LogP contribution is -2.17. The summed E-state index contributed by atoms with van der Waals surface area (Å²) in [6.45, 7) is 3.82. The molecule has 2 aromatic rings. The summed E-state index contributed by atoms with van der Waals surface area (Å²) in [4.78, 5) is 3.95. The first kappa shape index (κ1) is 10.8. The van der Waals surface area contributed by atoms with Crippen molar-refractivity contribution in [2.24, 2.45) is 0 Å². The lowest BCUT2D eigenvalue weighted by molar-refractivity contribution is 0.409. The first-order valence-corrected chi connectivity index (χ1v) is 5.36. The van der Waals surface area contributed by atoms with E-state index in [1.807, 2.05) is 0 Å². The van der Waals surface area contributed by atoms with Crippen molar-refractivity contribution in [1.82, 2.24) is 15.5 Å². The summed E-state index contributed by atoms with van der Waals surface area (Å²) in [7, 11) is 0. The largest absolute Gasteiger partial charge is 0.343 e. The zero-order valence-corrected chi connectivity index (χ0v) is 9.31. The zero-order valence-electron chi connectivity index (χ0n) is 9.31. The summed E-state index contributed by atoms with van der Waals surface area (Å²) >= 11 is 0. The highest BCUT2D eigenvalue weighted by molar-refractivity contribution is 5.21. The molecule has 1 heterocycles. The van der Waals surface area contributed by atoms with Crippen LogP contribution in [0.5, 0.6) is 0 Å². The van der Waals surface area contributed by atoms with Crippen molar-refractivity contribution in [1.29, 1.82) is 0 Å². The van der Waals surface area contributed by atoms with Gasteiger partial charge in [0, 0.05) is 19.5 Å². The van der Waals surface area contributed by atoms with Crippen molar-refractivity contribution < 1.29 is 4.52 Å². The Bertz CT molecular complexity index is 408. The van der Waals surface area contributed by atoms with Crippen molar-refractivity contribution in [2.45, 2.75) is 19.9 Å². The van der Waals surface area contributed by atoms with E-state index in [4.69, 9.17) is 0 Å². The van der Waals surface area contributed by atoms with Gasteiger partial charge >= 0.3 is 0 Å². The molecule has 2 rings (SSSR count). The minimum atomic E-state index is 0.747. The van der Waals surface area contributed by atoms with E-state index in [1.165, 1.54) is 17.5 Å². The second-order valence-electron chi connectivity index (χ2n) is 3.76. The van der Waals surface area contributed by atoms with E-state index in [9.17, 15) is 0 Å². The van der Waals surface area contributed by atoms with Gasteiger partial charge in [0.2, 0.25) is 6.39 Å². The van der Waals surface area contributed by atoms with Crippen LogP contribution in [0.15, 0.2) is 35.2 Å². The Morgan fingerprint density at radius 3 is 2.75 bits per heavy atom. The van der Waals surface area contributed by atoms with E-state index in [2.05, 4.69) is 51.2 Å². The van der Waals surface area contributed by atoms with Gasteiger partial charge in [-0.15, -0.1) is 0 Å². The maximum atomic E-state index is 4.65. The molecule has 0 saturated heterocycles. The van der Waals surface area contributed by atoms with E-state index in [0.29, 0.717) is 0 Å². The Morgan fingerprint density at radius 1 is 1.25 bits per heavy atom. The maximum absolute atomic E-state index is 4.65. The van der Waals surface area contributed by atoms with E-state index >= 15 is 0 Å². The molecule has 0 saturated carbocycles. The van der Waals surface area contributed by atoms with Crippen LogP contribution >= 0.6 is 0 Å². The standard InChI is InChI=1S/C12H15N3O/c1-10-2-4-11(5-3-10)8-13-7-6-12-14-9-16-15-12/h2-5,9,13H,6-8H2,1H3. The third-order valence-corrected chi connectivity index (χ3v) is 2.38. The molecule has 0 bridgehead atoms. The zero-order chi connectivity index (χ0) is 11.2. The van der Waals surface area contributed by atoms with Crippen LogP contribution in [0.25, 0.3) is 0 Å². The molecule has 0 fully saturated rings. The quantitative estimate of drug-likeness (QED) is 0.775. The molecule has 0 spiro atoms. The van der Waals surface area contributed by atoms with E-state index in [-0.39, 0.29) is 0 Å². The highest BCUT2D eigenvalue weighted by Crippen LogP contribution is 2.02. The highest BCUT2D eigenvalue weighted by Gasteiger charge is 1.97. The van der Waals surface area contributed by atoms with Crippen molar-refractivity contribution in [2.75, 3.05) is 6.54 Å². The van der Waals surface area contributed by atoms with Crippen LogP contribution < -0.4 is 5.32 Å². The van der Waals surface area contributed by atoms with E-state index < -0.39 is 0 Å². The monoisotopic (exact) mass is 217 g/mol. The molecule has 0 amide bonds. The second kappa shape index (κ2) is 5.42. The third kappa shape index (κ3) is 3.17. The molecule has 84 valence electrons. The van der Waals surface area contributed by atoms with Gasteiger partial charge in [-0.25, -0.2) is 0 Å². The van der Waals surface area contributed by atoms with Crippen LogP contribution in [0.1, 0.15) is 17.0 Å². The lowest BCUT2D eigenvalue weighted by atomic mass is 10.1. The number of hydrogen-bond acceptors (Lipinski definition) is 4. The van der Waals surface area contributed by atoms with Crippen molar-refractivity contribution in [3.05, 3.63) is 47.6 Å². The predicted octanol–water partition coefficient (Wildman–Crippen LogP) is 1.71. The molecule has 16 heavy (non-hydrogen) atoms. The van der Waals surface area contributed by atoms with Gasteiger partial charge in [-0.2, -0.15) is 4.98 Å². The number of benzene rings is 1. The Kier molecular flexibility index (Phi) is 3.66. The van der Waals surface area contributed by atoms with E-state index in [1.54, 1.807) is 0 Å². The minimum Gasteiger partial charge on any atom is -0.343 e. The number of aromatic nitrogens is 2. The van der Waals surface area contributed by atoms with Crippen LogP contribution in [-0.2, 0) is 13.0 Å². The van der Waals surface area contributed by atoms with Gasteiger partial charge in [0.15, 0.2) is 5.82 Å². The van der Waals surface area contributed by atoms with Gasteiger partial charge in [-0.05, 0) is 12.5 Å². The lowest BCUT2D eigenvalue weighted by Gasteiger charge is -2.03. The van der Waals surface area contributed by atoms with Crippen molar-refractivity contribution in [3.8, 4) is 0 Å². The number of aryl methyl sites for hydroxylation is 1. The molecular formula is C12H15N3O. The molecule has 4 heteroatoms. The highest BCUT2D eigenvalue weighted by atomic mass is 16.5. The predicted molar refractivity (Wildman–Crippen MR) is 60.9 cm³/mol. The van der Waals surface area contributed by atoms with Crippen LogP contribution in [-0.4, -0.2) is 16.7 Å². The van der Waals surface area contributed by atoms with Gasteiger partial charge < -0.3 is 9.84 Å². The van der Waals surface area contributed by atoms with Crippen LogP contribution in [0.3, 0.4) is 0 Å². The van der Waals surface area contributed by atoms with Crippen LogP contribution in [0, 0.1) is 6.92 Å². The average Bonchev–Trinajstić information content (AvgIpc) is 2.80. The fourth-order valence-corrected chi connectivity index (χ4v) is 1.44. The number of hydrogen-bond donors (Lipinski definition) is 1. The molecule has 0 aliphatic heterocycles. The molecule has 1 aromatic carbocycles. The number of nitrogens with one attached hydrogen (secondary N) is 1. The normalized spacial score (nSPS) is 10.6. The van der Waals surface area contributed by atoms with Gasteiger partial charge in [0.25, 0.3) is 0 Å². The van der Waals surface area contributed by atoms with Gasteiger partial charge in [0.1, 0.15) is 0 Å². The van der Waals surface area contributed by atoms with Gasteiger partial charge in [-0.3, -0.25) is 0 Å². The first-order chi connectivity index (χ1) is 7.84. The van der Waals surface area contributed by atoms with Crippen molar-refractivity contribution in [3.63, 3.8) is 0 Å². The third-order valence-electron chi connectivity index (χ3n) is 2.38. The van der Waals surface area contributed by atoms with Crippen LogP contribution in [0.4, 0.5) is 0 Å². The number of rotatable bonds is 5. The molecule has 0 aliphatic rings. The van der Waals surface area contributed by atoms with Gasteiger partial charge in [-0.1, -0.05) is 35.0 Å². The topological polar surface area (TPSA) is 51.0 Å². The minimum absolute atomic E-state index is 0.747. The summed E-state index contributed by atoms with van der Waals surface area (Å²) in [5.74, 6) is 0.747. The molecule has 0 atom stereocenters. The molecule has 1 aromatic heterocycles. The SMILES string of the molecule is Cc1ccc(CNCCc2ncon2)cc1. The van der Waals surface area contributed by atoms with Crippen molar-refractivity contribution >= 4 is 0 Å². The first-order valence-electron chi connectivity index (χ1n) is 5.36. The molecule has 0 aliphatic carbocycles. The number of nitrogens with zero attached hydrogens (tertiary/aromatic N) is 2. The summed E-state index contributed by atoms with van der Waals surface area (Å²) < 4.78 is 4.65. The summed E-state index contributed by atoms with van der Waals surface area (Å²) in [5, 5.41) is 7.08. The summed E-state index contributed by atoms with van der Waals surface area (Å²) in [5.41, 5.74) is 2.58. The van der Waals surface area contributed by atoms with Crippen LogP contribution in [0.2, 0.25) is 0 Å². The van der Waals surface area contributed by atoms with Gasteiger partial charge in [0.05, 0.1) is 0 Å². The Labute approximate surface area is 94.7 Å². The maximum Gasteiger partial charge on any atom is 0.213 e. The molecule has 0 radical (unpaired) electrons. The molecule has 1 N–H and O–H groups in total. The van der Waals surface area contributed by atoms with E-state index in [0.717, 1.165) is 25.3 Å². The fraction of sp³-hybridized carbons (Fsp3) is 0.333. The molecular weight excluding hydrogens is 202 g/mol. The average molecular weight is 217 g/mol. The Balaban J connectivity index is 1.70. The smallest absolute Gasteiger partial charge is 0.213 e. The second-order valence-corrected chi connectivity index (χ2v) is 3.76. The summed E-state index contributed by atoms with van der Waals surface area (Å²) in [6, 6.07) is 8.51. The fourth-order valence-electron chi connectivity index (χ4n) is 1.44. The molecule has 4 nitrogen and oxygen atoms in total.